The van der Waals surface area contributed by atoms with Crippen LogP contribution in [0.4, 0.5) is 10.9 Å². The molecular weight excluding hydrogens is 404 g/mol. The number of nitrogens with one attached hydrogen (secondary N) is 1. The van der Waals surface area contributed by atoms with Gasteiger partial charge in [0.2, 0.25) is 11.0 Å². The first kappa shape index (κ1) is 20.3. The number of aromatic nitrogens is 6. The number of aryl methyl sites for hydroxylation is 3. The molecule has 3 aromatic heterocycles. The lowest BCUT2D eigenvalue weighted by molar-refractivity contribution is -0.120. The molecule has 3 aromatic rings. The van der Waals surface area contributed by atoms with Crippen molar-refractivity contribution in [3.8, 4) is 11.5 Å². The SMILES string of the molecule is CCCc1nnc(NC(=O)C2CCCN(c3nc(C)ncc3-c3nc(C)no3)C2)s1. The van der Waals surface area contributed by atoms with E-state index in [-0.39, 0.29) is 11.8 Å². The highest BCUT2D eigenvalue weighted by Crippen LogP contribution is 2.31. The Labute approximate surface area is 178 Å². The predicted octanol–water partition coefficient (Wildman–Crippen LogP) is 2.80. The summed E-state index contributed by atoms with van der Waals surface area (Å²) in [7, 11) is 0. The van der Waals surface area contributed by atoms with Crippen molar-refractivity contribution in [3.05, 3.63) is 22.9 Å². The molecule has 0 spiro atoms. The topological polar surface area (TPSA) is 123 Å². The zero-order valence-electron chi connectivity index (χ0n) is 17.3. The predicted molar refractivity (Wildman–Crippen MR) is 112 cm³/mol. The molecule has 1 aliphatic rings. The molecule has 1 fully saturated rings. The summed E-state index contributed by atoms with van der Waals surface area (Å²) in [6.45, 7) is 7.03. The molecule has 4 heterocycles. The quantitative estimate of drug-likeness (QED) is 0.631. The number of amides is 1. The smallest absolute Gasteiger partial charge is 0.263 e. The molecule has 0 bridgehead atoms. The third kappa shape index (κ3) is 4.45. The van der Waals surface area contributed by atoms with Crippen molar-refractivity contribution in [1.82, 2.24) is 30.3 Å². The largest absolute Gasteiger partial charge is 0.355 e. The lowest BCUT2D eigenvalue weighted by Crippen LogP contribution is -2.41. The van der Waals surface area contributed by atoms with E-state index in [1.807, 2.05) is 6.92 Å². The summed E-state index contributed by atoms with van der Waals surface area (Å²) in [6, 6.07) is 0. The monoisotopic (exact) mass is 428 g/mol. The van der Waals surface area contributed by atoms with E-state index in [9.17, 15) is 4.79 Å². The fourth-order valence-corrected chi connectivity index (χ4v) is 4.31. The average Bonchev–Trinajstić information content (AvgIpc) is 3.37. The van der Waals surface area contributed by atoms with Gasteiger partial charge in [0.05, 0.1) is 5.92 Å². The van der Waals surface area contributed by atoms with Gasteiger partial charge in [-0.25, -0.2) is 9.97 Å². The Hall–Kier alpha value is -2.95. The minimum Gasteiger partial charge on any atom is -0.355 e. The number of carbonyl (C=O) groups is 1. The fourth-order valence-electron chi connectivity index (χ4n) is 3.47. The second-order valence-corrected chi connectivity index (χ2v) is 8.39. The standard InChI is InChI=1S/C19H24N8O2S/c1-4-6-15-24-25-19(30-15)23-17(28)13-7-5-8-27(10-13)16-14(9-20-11(2)21-16)18-22-12(3)26-29-18/h9,13H,4-8,10H2,1-3H3,(H,23,25,28). The molecule has 1 aliphatic heterocycles. The Morgan fingerprint density at radius 2 is 2.17 bits per heavy atom. The molecule has 11 heteroatoms. The molecule has 0 saturated carbocycles. The molecule has 1 amide bonds. The summed E-state index contributed by atoms with van der Waals surface area (Å²) in [5.74, 6) is 2.07. The van der Waals surface area contributed by atoms with Gasteiger partial charge >= 0.3 is 0 Å². The van der Waals surface area contributed by atoms with Crippen LogP contribution in [0.3, 0.4) is 0 Å². The van der Waals surface area contributed by atoms with Crippen LogP contribution in [0.15, 0.2) is 10.7 Å². The second kappa shape index (κ2) is 8.82. The number of anilines is 2. The van der Waals surface area contributed by atoms with Gasteiger partial charge in [0.1, 0.15) is 22.2 Å². The van der Waals surface area contributed by atoms with E-state index in [1.54, 1.807) is 13.1 Å². The summed E-state index contributed by atoms with van der Waals surface area (Å²) in [5.41, 5.74) is 0.676. The van der Waals surface area contributed by atoms with Crippen molar-refractivity contribution in [2.45, 2.75) is 46.5 Å². The number of carbonyl (C=O) groups excluding carboxylic acids is 1. The number of nitrogens with zero attached hydrogens (tertiary/aromatic N) is 7. The fraction of sp³-hybridized carbons (Fsp3) is 0.526. The van der Waals surface area contributed by atoms with Gasteiger partial charge in [0, 0.05) is 25.7 Å². The molecular formula is C19H24N8O2S. The van der Waals surface area contributed by atoms with Crippen LogP contribution < -0.4 is 10.2 Å². The van der Waals surface area contributed by atoms with Crippen LogP contribution in [0.1, 0.15) is 42.8 Å². The second-order valence-electron chi connectivity index (χ2n) is 7.33. The minimum atomic E-state index is -0.176. The molecule has 0 radical (unpaired) electrons. The van der Waals surface area contributed by atoms with Gasteiger partial charge in [0.25, 0.3) is 5.89 Å². The molecule has 0 aliphatic carbocycles. The summed E-state index contributed by atoms with van der Waals surface area (Å²) in [5, 5.41) is 16.5. The molecule has 1 saturated heterocycles. The van der Waals surface area contributed by atoms with Crippen LogP contribution >= 0.6 is 11.3 Å². The Morgan fingerprint density at radius 1 is 1.30 bits per heavy atom. The van der Waals surface area contributed by atoms with E-state index in [0.29, 0.717) is 40.6 Å². The summed E-state index contributed by atoms with van der Waals surface area (Å²) < 4.78 is 5.34. The van der Waals surface area contributed by atoms with Gasteiger partial charge in [-0.05, 0) is 33.1 Å². The Morgan fingerprint density at radius 3 is 2.93 bits per heavy atom. The van der Waals surface area contributed by atoms with Crippen molar-refractivity contribution < 1.29 is 9.32 Å². The van der Waals surface area contributed by atoms with Crippen molar-refractivity contribution in [1.29, 1.82) is 0 Å². The van der Waals surface area contributed by atoms with Gasteiger partial charge in [-0.2, -0.15) is 4.98 Å². The number of hydrogen-bond donors (Lipinski definition) is 1. The van der Waals surface area contributed by atoms with E-state index < -0.39 is 0 Å². The van der Waals surface area contributed by atoms with Gasteiger partial charge < -0.3 is 14.7 Å². The van der Waals surface area contributed by atoms with Crippen molar-refractivity contribution in [2.75, 3.05) is 23.3 Å². The molecule has 158 valence electrons. The third-order valence-corrected chi connectivity index (χ3v) is 5.80. The Kier molecular flexibility index (Phi) is 5.98. The normalized spacial score (nSPS) is 16.6. The van der Waals surface area contributed by atoms with E-state index in [4.69, 9.17) is 4.52 Å². The highest BCUT2D eigenvalue weighted by atomic mass is 32.1. The zero-order valence-corrected chi connectivity index (χ0v) is 18.1. The lowest BCUT2D eigenvalue weighted by atomic mass is 9.97. The highest BCUT2D eigenvalue weighted by Gasteiger charge is 2.29. The van der Waals surface area contributed by atoms with Crippen LogP contribution in [-0.4, -0.2) is 49.3 Å². The van der Waals surface area contributed by atoms with E-state index >= 15 is 0 Å². The maximum atomic E-state index is 12.9. The molecule has 30 heavy (non-hydrogen) atoms. The summed E-state index contributed by atoms with van der Waals surface area (Å²) in [4.78, 5) is 28.2. The third-order valence-electron chi connectivity index (χ3n) is 4.90. The molecule has 0 aromatic carbocycles. The van der Waals surface area contributed by atoms with Crippen LogP contribution in [0.2, 0.25) is 0 Å². The average molecular weight is 429 g/mol. The van der Waals surface area contributed by atoms with Gasteiger partial charge in [-0.3, -0.25) is 4.79 Å². The van der Waals surface area contributed by atoms with Crippen LogP contribution in [-0.2, 0) is 11.2 Å². The minimum absolute atomic E-state index is 0.0418. The number of rotatable bonds is 6. The number of hydrogen-bond acceptors (Lipinski definition) is 10. The zero-order chi connectivity index (χ0) is 21.1. The first-order valence-corrected chi connectivity index (χ1v) is 10.9. The first-order chi connectivity index (χ1) is 14.5. The Balaban J connectivity index is 1.51. The van der Waals surface area contributed by atoms with Crippen molar-refractivity contribution in [2.24, 2.45) is 5.92 Å². The number of piperidine rings is 1. The van der Waals surface area contributed by atoms with Crippen molar-refractivity contribution >= 4 is 28.2 Å². The molecule has 1 atom stereocenters. The molecule has 1 N–H and O–H groups in total. The van der Waals surface area contributed by atoms with Gasteiger partial charge in [0.15, 0.2) is 5.82 Å². The lowest BCUT2D eigenvalue weighted by Gasteiger charge is -2.33. The summed E-state index contributed by atoms with van der Waals surface area (Å²) >= 11 is 1.43. The maximum Gasteiger partial charge on any atom is 0.263 e. The van der Waals surface area contributed by atoms with Gasteiger partial charge in [-0.1, -0.05) is 23.4 Å². The maximum absolute atomic E-state index is 12.9. The highest BCUT2D eigenvalue weighted by molar-refractivity contribution is 7.15. The van der Waals surface area contributed by atoms with Crippen LogP contribution in [0.25, 0.3) is 11.5 Å². The molecule has 1 unspecified atom stereocenters. The van der Waals surface area contributed by atoms with Crippen molar-refractivity contribution in [3.63, 3.8) is 0 Å². The van der Waals surface area contributed by atoms with E-state index in [1.165, 1.54) is 11.3 Å². The van der Waals surface area contributed by atoms with Crippen LogP contribution in [0, 0.1) is 19.8 Å². The summed E-state index contributed by atoms with van der Waals surface area (Å²) in [6.07, 6.45) is 5.25. The van der Waals surface area contributed by atoms with Gasteiger partial charge in [-0.15, -0.1) is 10.2 Å². The molecule has 4 rings (SSSR count). The van der Waals surface area contributed by atoms with E-state index in [0.717, 1.165) is 37.2 Å². The van der Waals surface area contributed by atoms with E-state index in [2.05, 4.69) is 47.4 Å². The first-order valence-electron chi connectivity index (χ1n) is 10.1. The molecule has 10 nitrogen and oxygen atoms in total. The Bertz CT molecular complexity index is 1030. The van der Waals surface area contributed by atoms with Crippen LogP contribution in [0.5, 0.6) is 0 Å².